The van der Waals surface area contributed by atoms with Crippen LogP contribution in [0.4, 0.5) is 0 Å². The fraction of sp³-hybridized carbons (Fsp3) is 0.429. The van der Waals surface area contributed by atoms with E-state index >= 15 is 0 Å². The Kier molecular flexibility index (Phi) is 4.84. The van der Waals surface area contributed by atoms with Gasteiger partial charge in [0.25, 0.3) is 0 Å². The summed E-state index contributed by atoms with van der Waals surface area (Å²) in [5.41, 5.74) is 0.720. The summed E-state index contributed by atoms with van der Waals surface area (Å²) in [7, 11) is 0. The minimum Gasteiger partial charge on any atom is -0.460 e. The standard InChI is InChI=1S/C14H15BrClNO6/c15-6-1-5-8(2-7(6)16)17-3-9(5)22-14-13(21)12(20)11(19)10(4-18)23-14/h1-3,10-14,17-21H,4H2/t10-,11+,12+,13+,14+/m1/s1. The van der Waals surface area contributed by atoms with Gasteiger partial charge in [-0.25, -0.2) is 0 Å². The van der Waals surface area contributed by atoms with Crippen LogP contribution in [0.5, 0.6) is 5.75 Å². The minimum atomic E-state index is -1.49. The number of nitrogens with one attached hydrogen (secondary N) is 1. The van der Waals surface area contributed by atoms with E-state index in [9.17, 15) is 20.4 Å². The number of halogens is 2. The Morgan fingerprint density at radius 1 is 1.22 bits per heavy atom. The van der Waals surface area contributed by atoms with E-state index in [1.165, 1.54) is 0 Å². The van der Waals surface area contributed by atoms with Gasteiger partial charge in [0.05, 0.1) is 17.1 Å². The summed E-state index contributed by atoms with van der Waals surface area (Å²) in [6.45, 7) is -0.514. The van der Waals surface area contributed by atoms with Gasteiger partial charge in [0.2, 0.25) is 6.29 Å². The summed E-state index contributed by atoms with van der Waals surface area (Å²) >= 11 is 9.35. The predicted molar refractivity (Wildman–Crippen MR) is 85.4 cm³/mol. The zero-order valence-electron chi connectivity index (χ0n) is 11.7. The Bertz CT molecular complexity index is 708. The van der Waals surface area contributed by atoms with Crippen molar-refractivity contribution in [1.29, 1.82) is 0 Å². The lowest BCUT2D eigenvalue weighted by atomic mass is 9.99. The monoisotopic (exact) mass is 407 g/mol. The van der Waals surface area contributed by atoms with Gasteiger partial charge in [-0.2, -0.15) is 0 Å². The Morgan fingerprint density at radius 3 is 2.65 bits per heavy atom. The van der Waals surface area contributed by atoms with Gasteiger partial charge in [0.15, 0.2) is 0 Å². The molecule has 2 aromatic rings. The normalized spacial score (nSPS) is 31.5. The minimum absolute atomic E-state index is 0.377. The van der Waals surface area contributed by atoms with Crippen LogP contribution in [0.15, 0.2) is 22.8 Å². The summed E-state index contributed by atoms with van der Waals surface area (Å²) < 4.78 is 11.6. The molecular weight excluding hydrogens is 394 g/mol. The van der Waals surface area contributed by atoms with Gasteiger partial charge >= 0.3 is 0 Å². The Balaban J connectivity index is 1.88. The third-order valence-corrected chi connectivity index (χ3v) is 4.97. The summed E-state index contributed by atoms with van der Waals surface area (Å²) in [5, 5.41) is 40.0. The van der Waals surface area contributed by atoms with Crippen molar-refractivity contribution in [1.82, 2.24) is 4.98 Å². The Hall–Kier alpha value is -0.870. The quantitative estimate of drug-likeness (QED) is 0.512. The number of hydrogen-bond donors (Lipinski definition) is 5. The van der Waals surface area contributed by atoms with Crippen molar-refractivity contribution in [3.8, 4) is 5.75 Å². The first-order valence-electron chi connectivity index (χ1n) is 6.85. The van der Waals surface area contributed by atoms with E-state index in [0.717, 1.165) is 5.52 Å². The van der Waals surface area contributed by atoms with Gasteiger partial charge in [-0.1, -0.05) is 11.6 Å². The SMILES string of the molecule is OC[C@H]1O[C@H](Oc2c[nH]c3cc(Cl)c(Br)cc23)[C@@H](O)[C@@H](O)[C@H]1O. The highest BCUT2D eigenvalue weighted by molar-refractivity contribution is 9.10. The maximum atomic E-state index is 10.0. The van der Waals surface area contributed by atoms with Crippen molar-refractivity contribution >= 4 is 38.4 Å². The number of hydrogen-bond acceptors (Lipinski definition) is 6. The van der Waals surface area contributed by atoms with Crippen molar-refractivity contribution < 1.29 is 29.9 Å². The van der Waals surface area contributed by atoms with E-state index in [1.807, 2.05) is 0 Å². The number of benzene rings is 1. The van der Waals surface area contributed by atoms with Crippen LogP contribution in [0.1, 0.15) is 0 Å². The number of aliphatic hydroxyl groups is 4. The van der Waals surface area contributed by atoms with E-state index in [4.69, 9.17) is 21.1 Å². The maximum Gasteiger partial charge on any atom is 0.229 e. The first-order valence-corrected chi connectivity index (χ1v) is 8.02. The van der Waals surface area contributed by atoms with Crippen LogP contribution >= 0.6 is 27.5 Å². The molecule has 3 rings (SSSR count). The highest BCUT2D eigenvalue weighted by atomic mass is 79.9. The average molecular weight is 409 g/mol. The first-order chi connectivity index (χ1) is 10.9. The molecule has 1 aliphatic rings. The van der Waals surface area contributed by atoms with Crippen molar-refractivity contribution in [2.24, 2.45) is 0 Å². The van der Waals surface area contributed by atoms with Crippen LogP contribution in [0, 0.1) is 0 Å². The van der Waals surface area contributed by atoms with Gasteiger partial charge in [-0.05, 0) is 28.1 Å². The number of aliphatic hydroxyl groups excluding tert-OH is 4. The maximum absolute atomic E-state index is 10.0. The van der Waals surface area contributed by atoms with Crippen LogP contribution in [0.2, 0.25) is 5.02 Å². The summed E-state index contributed by atoms with van der Waals surface area (Å²) in [5.74, 6) is 0.377. The zero-order valence-corrected chi connectivity index (χ0v) is 14.0. The second-order valence-corrected chi connectivity index (χ2v) is 6.54. The molecule has 9 heteroatoms. The number of ether oxygens (including phenoxy) is 2. The summed E-state index contributed by atoms with van der Waals surface area (Å²) in [6, 6.07) is 3.45. The molecule has 1 aromatic carbocycles. The molecule has 1 saturated heterocycles. The Morgan fingerprint density at radius 2 is 1.96 bits per heavy atom. The average Bonchev–Trinajstić information content (AvgIpc) is 2.90. The summed E-state index contributed by atoms with van der Waals surface area (Å²) in [6.07, 6.45) is -5.07. The second-order valence-electron chi connectivity index (χ2n) is 5.28. The lowest BCUT2D eigenvalue weighted by Crippen LogP contribution is -2.60. The largest absolute Gasteiger partial charge is 0.460 e. The molecule has 0 aliphatic carbocycles. The second kappa shape index (κ2) is 6.56. The van der Waals surface area contributed by atoms with E-state index in [1.54, 1.807) is 18.3 Å². The third kappa shape index (κ3) is 3.08. The van der Waals surface area contributed by atoms with Crippen molar-refractivity contribution in [3.05, 3.63) is 27.8 Å². The van der Waals surface area contributed by atoms with Crippen molar-refractivity contribution in [3.63, 3.8) is 0 Å². The fourth-order valence-electron chi connectivity index (χ4n) is 2.48. The van der Waals surface area contributed by atoms with E-state index in [0.29, 0.717) is 20.6 Å². The summed E-state index contributed by atoms with van der Waals surface area (Å²) in [4.78, 5) is 2.98. The Labute approximate surface area is 144 Å². The lowest BCUT2D eigenvalue weighted by Gasteiger charge is -2.39. The van der Waals surface area contributed by atoms with E-state index in [2.05, 4.69) is 20.9 Å². The van der Waals surface area contributed by atoms with Gasteiger partial charge in [-0.3, -0.25) is 0 Å². The predicted octanol–water partition coefficient (Wildman–Crippen LogP) is 0.762. The molecule has 0 amide bonds. The van der Waals surface area contributed by atoms with E-state index in [-0.39, 0.29) is 0 Å². The lowest BCUT2D eigenvalue weighted by molar-refractivity contribution is -0.277. The first kappa shape index (κ1) is 17.0. The number of aromatic amines is 1. The smallest absolute Gasteiger partial charge is 0.229 e. The molecule has 0 saturated carbocycles. The van der Waals surface area contributed by atoms with Crippen LogP contribution in [0.25, 0.3) is 10.9 Å². The number of fused-ring (bicyclic) bond motifs is 1. The molecule has 1 aromatic heterocycles. The number of rotatable bonds is 3. The molecule has 5 N–H and O–H groups in total. The third-order valence-electron chi connectivity index (χ3n) is 3.78. The van der Waals surface area contributed by atoms with Gasteiger partial charge in [0.1, 0.15) is 30.2 Å². The molecule has 0 unspecified atom stereocenters. The van der Waals surface area contributed by atoms with E-state index < -0.39 is 37.3 Å². The van der Waals surface area contributed by atoms with Crippen LogP contribution in [-0.2, 0) is 4.74 Å². The van der Waals surface area contributed by atoms with Crippen molar-refractivity contribution in [2.45, 2.75) is 30.7 Å². The molecule has 0 bridgehead atoms. The molecule has 2 heterocycles. The highest BCUT2D eigenvalue weighted by Gasteiger charge is 2.44. The van der Waals surface area contributed by atoms with Gasteiger partial charge < -0.3 is 34.9 Å². The van der Waals surface area contributed by atoms with Crippen LogP contribution in [-0.4, -0.2) is 62.7 Å². The number of H-pyrrole nitrogens is 1. The molecule has 7 nitrogen and oxygen atoms in total. The zero-order chi connectivity index (χ0) is 16.7. The van der Waals surface area contributed by atoms with Crippen molar-refractivity contribution in [2.75, 3.05) is 6.61 Å². The molecule has 5 atom stereocenters. The molecule has 1 aliphatic heterocycles. The fourth-order valence-corrected chi connectivity index (χ4v) is 2.99. The topological polar surface area (TPSA) is 115 Å². The molecular formula is C14H15BrClNO6. The van der Waals surface area contributed by atoms with Crippen LogP contribution < -0.4 is 4.74 Å². The molecule has 23 heavy (non-hydrogen) atoms. The molecule has 126 valence electrons. The molecule has 0 radical (unpaired) electrons. The highest BCUT2D eigenvalue weighted by Crippen LogP contribution is 2.34. The van der Waals surface area contributed by atoms with Gasteiger partial charge in [-0.15, -0.1) is 0 Å². The van der Waals surface area contributed by atoms with Crippen LogP contribution in [0.3, 0.4) is 0 Å². The van der Waals surface area contributed by atoms with Gasteiger partial charge in [0, 0.05) is 16.1 Å². The molecule has 1 fully saturated rings. The number of aromatic nitrogens is 1. The molecule has 0 spiro atoms.